The zero-order valence-electron chi connectivity index (χ0n) is 11.1. The molecule has 1 aliphatic carbocycles. The van der Waals surface area contributed by atoms with Crippen LogP contribution in [0.25, 0.3) is 0 Å². The topological polar surface area (TPSA) is 20.3 Å². The summed E-state index contributed by atoms with van der Waals surface area (Å²) in [5, 5.41) is 0. The third-order valence-corrected chi connectivity index (χ3v) is 3.63. The molecule has 0 heterocycles. The van der Waals surface area contributed by atoms with Crippen molar-refractivity contribution in [2.75, 3.05) is 20.1 Å². The fourth-order valence-electron chi connectivity index (χ4n) is 2.71. The van der Waals surface area contributed by atoms with Gasteiger partial charge in [0.1, 0.15) is 0 Å². The molecule has 0 N–H and O–H groups in total. The predicted molar refractivity (Wildman–Crippen MR) is 74.9 cm³/mol. The van der Waals surface area contributed by atoms with E-state index in [2.05, 4.69) is 17.5 Å². The maximum atomic E-state index is 12.5. The molecule has 0 bridgehead atoms. The third-order valence-electron chi connectivity index (χ3n) is 3.63. The lowest BCUT2D eigenvalue weighted by atomic mass is 9.94. The summed E-state index contributed by atoms with van der Waals surface area (Å²) in [4.78, 5) is 14.7. The van der Waals surface area contributed by atoms with Gasteiger partial charge < -0.3 is 4.90 Å². The number of fused-ring (bicyclic) bond motifs is 1. The van der Waals surface area contributed by atoms with E-state index >= 15 is 0 Å². The SMILES string of the molecule is C=CCN(C)CC1CCCc2ccccc2C1=O. The average Bonchev–Trinajstić information content (AvgIpc) is 2.51. The van der Waals surface area contributed by atoms with Gasteiger partial charge in [-0.2, -0.15) is 0 Å². The molecule has 1 aliphatic rings. The van der Waals surface area contributed by atoms with Gasteiger partial charge in [0.15, 0.2) is 5.78 Å². The van der Waals surface area contributed by atoms with E-state index in [0.717, 1.165) is 37.9 Å². The number of aryl methyl sites for hydroxylation is 1. The fraction of sp³-hybridized carbons (Fsp3) is 0.438. The molecular weight excluding hydrogens is 222 g/mol. The van der Waals surface area contributed by atoms with Crippen molar-refractivity contribution in [1.29, 1.82) is 0 Å². The number of carbonyl (C=O) groups excluding carboxylic acids is 1. The molecule has 2 rings (SSSR count). The van der Waals surface area contributed by atoms with E-state index in [1.165, 1.54) is 5.56 Å². The Morgan fingerprint density at radius 3 is 3.00 bits per heavy atom. The third kappa shape index (κ3) is 2.88. The first kappa shape index (κ1) is 13.0. The Balaban J connectivity index is 2.15. The van der Waals surface area contributed by atoms with E-state index in [1.54, 1.807) is 0 Å². The van der Waals surface area contributed by atoms with Crippen molar-refractivity contribution in [3.8, 4) is 0 Å². The molecule has 0 saturated carbocycles. The number of carbonyl (C=O) groups is 1. The Morgan fingerprint density at radius 1 is 1.44 bits per heavy atom. The van der Waals surface area contributed by atoms with Crippen LogP contribution < -0.4 is 0 Å². The van der Waals surface area contributed by atoms with E-state index in [4.69, 9.17) is 0 Å². The molecule has 18 heavy (non-hydrogen) atoms. The van der Waals surface area contributed by atoms with Crippen LogP contribution in [0.2, 0.25) is 0 Å². The van der Waals surface area contributed by atoms with Crippen LogP contribution in [-0.4, -0.2) is 30.8 Å². The smallest absolute Gasteiger partial charge is 0.167 e. The summed E-state index contributed by atoms with van der Waals surface area (Å²) in [5.74, 6) is 0.456. The number of nitrogens with zero attached hydrogens (tertiary/aromatic N) is 1. The lowest BCUT2D eigenvalue weighted by Crippen LogP contribution is -2.30. The highest BCUT2D eigenvalue weighted by Crippen LogP contribution is 2.25. The van der Waals surface area contributed by atoms with Gasteiger partial charge in [-0.25, -0.2) is 0 Å². The van der Waals surface area contributed by atoms with Gasteiger partial charge in [0.05, 0.1) is 0 Å². The predicted octanol–water partition coefficient (Wildman–Crippen LogP) is 2.94. The number of benzene rings is 1. The zero-order chi connectivity index (χ0) is 13.0. The highest BCUT2D eigenvalue weighted by molar-refractivity contribution is 5.99. The Morgan fingerprint density at radius 2 is 2.22 bits per heavy atom. The molecule has 0 aliphatic heterocycles. The molecule has 1 unspecified atom stereocenters. The van der Waals surface area contributed by atoms with Crippen molar-refractivity contribution in [3.05, 3.63) is 48.0 Å². The van der Waals surface area contributed by atoms with E-state index in [0.29, 0.717) is 5.78 Å². The summed E-state index contributed by atoms with van der Waals surface area (Å²) in [7, 11) is 2.05. The standard InChI is InChI=1S/C16H21NO/c1-3-11-17(2)12-14-9-6-8-13-7-4-5-10-15(13)16(14)18/h3-5,7,10,14H,1,6,8-9,11-12H2,2H3. The van der Waals surface area contributed by atoms with Gasteiger partial charge in [0.25, 0.3) is 0 Å². The molecule has 1 aromatic rings. The summed E-state index contributed by atoms with van der Waals surface area (Å²) in [5.41, 5.74) is 2.16. The Kier molecular flexibility index (Phi) is 4.32. The van der Waals surface area contributed by atoms with E-state index in [9.17, 15) is 4.79 Å². The molecule has 0 fully saturated rings. The highest BCUT2D eigenvalue weighted by Gasteiger charge is 2.25. The lowest BCUT2D eigenvalue weighted by Gasteiger charge is -2.21. The maximum Gasteiger partial charge on any atom is 0.167 e. The zero-order valence-corrected chi connectivity index (χ0v) is 11.1. The van der Waals surface area contributed by atoms with Gasteiger partial charge in [-0.15, -0.1) is 6.58 Å². The molecular formula is C16H21NO. The highest BCUT2D eigenvalue weighted by atomic mass is 16.1. The average molecular weight is 243 g/mol. The van der Waals surface area contributed by atoms with Crippen LogP contribution in [0.15, 0.2) is 36.9 Å². The first-order chi connectivity index (χ1) is 8.72. The molecule has 0 radical (unpaired) electrons. The Hall–Kier alpha value is -1.41. The maximum absolute atomic E-state index is 12.5. The van der Waals surface area contributed by atoms with Crippen LogP contribution in [0.4, 0.5) is 0 Å². The minimum absolute atomic E-state index is 0.138. The second-order valence-electron chi connectivity index (χ2n) is 5.12. The van der Waals surface area contributed by atoms with Gasteiger partial charge in [0.2, 0.25) is 0 Å². The number of Topliss-reactive ketones (excluding diaryl/α,β-unsaturated/α-hetero) is 1. The van der Waals surface area contributed by atoms with E-state index < -0.39 is 0 Å². The summed E-state index contributed by atoms with van der Waals surface area (Å²) in [6, 6.07) is 8.05. The number of rotatable bonds is 4. The van der Waals surface area contributed by atoms with Crippen LogP contribution in [0, 0.1) is 5.92 Å². The second kappa shape index (κ2) is 5.96. The van der Waals surface area contributed by atoms with E-state index in [-0.39, 0.29) is 5.92 Å². The van der Waals surface area contributed by atoms with Crippen LogP contribution in [0.1, 0.15) is 28.8 Å². The lowest BCUT2D eigenvalue weighted by molar-refractivity contribution is 0.0889. The Labute approximate surface area is 109 Å². The monoisotopic (exact) mass is 243 g/mol. The van der Waals surface area contributed by atoms with Crippen molar-refractivity contribution in [2.24, 2.45) is 5.92 Å². The molecule has 0 amide bonds. The quantitative estimate of drug-likeness (QED) is 0.598. The van der Waals surface area contributed by atoms with Crippen LogP contribution in [0.3, 0.4) is 0 Å². The van der Waals surface area contributed by atoms with Gasteiger partial charge >= 0.3 is 0 Å². The van der Waals surface area contributed by atoms with Gasteiger partial charge in [0, 0.05) is 24.6 Å². The van der Waals surface area contributed by atoms with Crippen molar-refractivity contribution >= 4 is 5.78 Å². The van der Waals surface area contributed by atoms with E-state index in [1.807, 2.05) is 31.3 Å². The Bertz CT molecular complexity index is 438. The normalized spacial score (nSPS) is 19.4. The minimum atomic E-state index is 0.138. The minimum Gasteiger partial charge on any atom is -0.302 e. The molecule has 96 valence electrons. The van der Waals surface area contributed by atoms with Crippen LogP contribution in [0.5, 0.6) is 0 Å². The van der Waals surface area contributed by atoms with Gasteiger partial charge in [-0.3, -0.25) is 4.79 Å². The molecule has 1 atom stereocenters. The molecule has 0 saturated heterocycles. The van der Waals surface area contributed by atoms with Gasteiger partial charge in [-0.1, -0.05) is 30.3 Å². The molecule has 0 aromatic heterocycles. The number of ketones is 1. The van der Waals surface area contributed by atoms with Crippen LogP contribution >= 0.6 is 0 Å². The van der Waals surface area contributed by atoms with Crippen LogP contribution in [-0.2, 0) is 6.42 Å². The van der Waals surface area contributed by atoms with Crippen molar-refractivity contribution in [3.63, 3.8) is 0 Å². The first-order valence-corrected chi connectivity index (χ1v) is 6.64. The molecule has 1 aromatic carbocycles. The summed E-state index contributed by atoms with van der Waals surface area (Å²) < 4.78 is 0. The largest absolute Gasteiger partial charge is 0.302 e. The number of hydrogen-bond acceptors (Lipinski definition) is 2. The summed E-state index contributed by atoms with van der Waals surface area (Å²) in [6.45, 7) is 5.41. The summed E-state index contributed by atoms with van der Waals surface area (Å²) >= 11 is 0. The van der Waals surface area contributed by atoms with Gasteiger partial charge in [-0.05, 0) is 31.9 Å². The number of hydrogen-bond donors (Lipinski definition) is 0. The fourth-order valence-corrected chi connectivity index (χ4v) is 2.71. The first-order valence-electron chi connectivity index (χ1n) is 6.64. The van der Waals surface area contributed by atoms with Crippen molar-refractivity contribution in [1.82, 2.24) is 4.90 Å². The van der Waals surface area contributed by atoms with Crippen molar-refractivity contribution < 1.29 is 4.79 Å². The molecule has 2 heteroatoms. The summed E-state index contributed by atoms with van der Waals surface area (Å²) in [6.07, 6.45) is 5.02. The van der Waals surface area contributed by atoms with Crippen molar-refractivity contribution in [2.45, 2.75) is 19.3 Å². The molecule has 2 nitrogen and oxygen atoms in total. The number of likely N-dealkylation sites (N-methyl/N-ethyl adjacent to an activating group) is 1. The second-order valence-corrected chi connectivity index (χ2v) is 5.12. The molecule has 0 spiro atoms.